The molecule has 0 radical (unpaired) electrons. The van der Waals surface area contributed by atoms with E-state index >= 15 is 14.4 Å². The standard InChI is InChI=1S/C66H75Cl2N9O24.3ClH/c1-23(2)12-34(71-5)58(88)76-49-51(83)26-7-10-38(32(67)14-26)97-40-16-28-17-41(55(40)101-65-56(54(86)53(85)42(22-78)99-65)100-44-21-66(4,70)57(87)24(3)96-44)98-39-11-8-27(15-33(39)68)52(84)50-63(93)75-48(64(94)95)31-18-29(79)19-37(81)45(31)30-13-25(6-9-36(30)80)46(60(90)77-50)74-61(91)47(28)73-59(89)35(20-43(69)82)72-62(49)92;;;/h6-11,13-19,23-24,34-35,42,44,46-54,56-57,65,71,78-81,83-87H,12,20-22,70H2,1-5H3,(H2,69,82)(H,72,92)(H,73,89)(H,74,91)(H,75,93)(H,76,88)(H,77,90)(H,94,95);3*1H/t24-,34+,35-,42+,44-,46+,47+,48-,49+,50-,51+,52+,53+,54-,56+,57+,65-,66-;;;/m0.../s1. The molecule has 7 aliphatic rings. The molecular weight excluding hydrogens is 1480 g/mol. The molecule has 0 aromatic heterocycles. The summed E-state index contributed by atoms with van der Waals surface area (Å²) in [5.74, 6) is -16.0. The smallest absolute Gasteiger partial charge is 0.330 e. The highest BCUT2D eigenvalue weighted by Gasteiger charge is 2.51. The van der Waals surface area contributed by atoms with Crippen LogP contribution in [-0.4, -0.2) is 191 Å². The van der Waals surface area contributed by atoms with Gasteiger partial charge in [-0.25, -0.2) is 4.79 Å². The van der Waals surface area contributed by atoms with Gasteiger partial charge in [-0.2, -0.15) is 0 Å². The zero-order valence-electron chi connectivity index (χ0n) is 55.5. The van der Waals surface area contributed by atoms with Crippen molar-refractivity contribution in [3.8, 4) is 57.1 Å². The van der Waals surface area contributed by atoms with Gasteiger partial charge < -0.3 is 128 Å². The van der Waals surface area contributed by atoms with Crippen molar-refractivity contribution < 1.29 is 118 Å². The monoisotopic (exact) mass is 1560 g/mol. The second kappa shape index (κ2) is 33.8. The molecule has 0 saturated carbocycles. The highest BCUT2D eigenvalue weighted by Crippen LogP contribution is 2.50. The number of aliphatic carboxylic acids is 1. The van der Waals surface area contributed by atoms with Crippen LogP contribution in [0.3, 0.4) is 0 Å². The number of aromatic hydroxyl groups is 3. The number of phenols is 3. The maximum Gasteiger partial charge on any atom is 0.330 e. The van der Waals surface area contributed by atoms with Crippen molar-refractivity contribution >= 4 is 108 Å². The number of hydrogen-bond acceptors (Lipinski definition) is 25. The summed E-state index contributed by atoms with van der Waals surface area (Å²) in [6, 6.07) is -0.679. The van der Waals surface area contributed by atoms with Gasteiger partial charge in [0.2, 0.25) is 53.4 Å². The molecule has 0 spiro atoms. The fraction of sp³-hybridized carbons (Fsp3) is 0.424. The van der Waals surface area contributed by atoms with Crippen molar-refractivity contribution in [1.82, 2.24) is 37.2 Å². The number of hydrogen-bond donors (Lipinski definition) is 19. The van der Waals surface area contributed by atoms with Gasteiger partial charge in [-0.3, -0.25) is 33.6 Å². The minimum atomic E-state index is -2.35. The summed E-state index contributed by atoms with van der Waals surface area (Å²) < 4.78 is 38.3. The van der Waals surface area contributed by atoms with Gasteiger partial charge in [0.05, 0.1) is 41.3 Å². The van der Waals surface area contributed by atoms with Crippen molar-refractivity contribution in [1.29, 1.82) is 0 Å². The number of carboxylic acids is 1. The van der Waals surface area contributed by atoms with Gasteiger partial charge in [0.1, 0.15) is 89.5 Å². The number of carbonyl (C=O) groups excluding carboxylic acids is 7. The van der Waals surface area contributed by atoms with Crippen LogP contribution in [0, 0.1) is 5.92 Å². The number of ether oxygens (including phenoxy) is 6. The van der Waals surface area contributed by atoms with Crippen LogP contribution in [0.4, 0.5) is 0 Å². The van der Waals surface area contributed by atoms with Gasteiger partial charge in [-0.05, 0) is 110 Å². The van der Waals surface area contributed by atoms with Crippen molar-refractivity contribution in [3.63, 3.8) is 0 Å². The van der Waals surface area contributed by atoms with E-state index in [-0.39, 0.29) is 83.4 Å². The SMILES string of the molecule is CN[C@H](CC(C)C)C(=O)N[C@H]1C(=O)N[C@@H](CC(N)=O)C(=O)N[C@H]2C(=O)N[C@H]3C(=O)N[C@H](C(=O)N[C@H](C(=O)O)c4cc(O)cc(O)c4-c4cc3ccc4O)[C@H](O)c3ccc(c(Cl)c3)Oc3cc2cc(c3O[C@@H]2O[C@H](CO)[C@@H](O)[C@H](O)[C@H]2O[C@H]2C[C@](C)(N)[C@H](O)[C@H](C)O2)Oc2ccc(cc2Cl)[C@H]1O.Cl.Cl.Cl. The van der Waals surface area contributed by atoms with Gasteiger partial charge in [0.25, 0.3) is 0 Å². The number of aliphatic hydroxyl groups excluding tert-OH is 6. The van der Waals surface area contributed by atoms with Crippen LogP contribution < -0.4 is 62.9 Å². The predicted octanol–water partition coefficient (Wildman–Crippen LogP) is 1.37. The minimum Gasteiger partial charge on any atom is -0.508 e. The number of benzene rings is 5. The van der Waals surface area contributed by atoms with Crippen LogP contribution in [0.15, 0.2) is 78.9 Å². The van der Waals surface area contributed by atoms with E-state index in [0.29, 0.717) is 0 Å². The van der Waals surface area contributed by atoms with Gasteiger partial charge in [-0.15, -0.1) is 37.2 Å². The van der Waals surface area contributed by atoms with E-state index in [1.807, 2.05) is 13.8 Å². The molecule has 104 heavy (non-hydrogen) atoms. The number of carboxylic acid groups (broad SMARTS) is 1. The topological polar surface area (TPSA) is 530 Å². The lowest BCUT2D eigenvalue weighted by molar-refractivity contribution is -0.333. The summed E-state index contributed by atoms with van der Waals surface area (Å²) in [6.07, 6.45) is -18.6. The molecule has 38 heteroatoms. The maximum atomic E-state index is 16.0. The quantitative estimate of drug-likeness (QED) is 0.0791. The third kappa shape index (κ3) is 17.6. The van der Waals surface area contributed by atoms with E-state index in [1.54, 1.807) is 0 Å². The normalized spacial score (nSPS) is 28.6. The third-order valence-corrected chi connectivity index (χ3v) is 18.4. The van der Waals surface area contributed by atoms with E-state index in [0.717, 1.165) is 66.7 Å². The number of halogens is 5. The van der Waals surface area contributed by atoms with E-state index in [2.05, 4.69) is 37.2 Å². The predicted molar refractivity (Wildman–Crippen MR) is 371 cm³/mol. The van der Waals surface area contributed by atoms with Gasteiger partial charge in [-0.1, -0.05) is 55.2 Å². The number of rotatable bonds is 13. The Morgan fingerprint density at radius 1 is 0.702 bits per heavy atom. The van der Waals surface area contributed by atoms with Crippen LogP contribution in [0.25, 0.3) is 11.1 Å². The van der Waals surface area contributed by atoms with Crippen LogP contribution in [0.1, 0.15) is 105 Å². The molecule has 5 aromatic carbocycles. The zero-order valence-corrected chi connectivity index (χ0v) is 59.5. The minimum absolute atomic E-state index is 0. The number of primary amides is 1. The number of nitrogens with two attached hydrogens (primary N) is 2. The lowest BCUT2D eigenvalue weighted by atomic mass is 9.86. The Morgan fingerprint density at radius 2 is 1.29 bits per heavy atom. The molecule has 18 atom stereocenters. The second-order valence-electron chi connectivity index (χ2n) is 25.7. The molecule has 0 unspecified atom stereocenters. The van der Waals surface area contributed by atoms with Crippen LogP contribution >= 0.6 is 60.4 Å². The van der Waals surface area contributed by atoms with Crippen LogP contribution in [0.2, 0.25) is 10.0 Å². The van der Waals surface area contributed by atoms with Gasteiger partial charge >= 0.3 is 5.97 Å². The second-order valence-corrected chi connectivity index (χ2v) is 26.5. The van der Waals surface area contributed by atoms with E-state index < -0.39 is 237 Å². The molecule has 11 bridgehead atoms. The molecule has 12 rings (SSSR count). The number of likely N-dealkylation sites (N-methyl/N-ethyl adjacent to an activating group) is 1. The highest BCUT2D eigenvalue weighted by molar-refractivity contribution is 6.32. The van der Waals surface area contributed by atoms with Crippen molar-refractivity contribution in [2.75, 3.05) is 13.7 Å². The molecule has 566 valence electrons. The fourth-order valence-electron chi connectivity index (χ4n) is 12.5. The Kier molecular flexibility index (Phi) is 27.0. The molecular formula is C66H78Cl5N9O24. The van der Waals surface area contributed by atoms with Crippen LogP contribution in [-0.2, 0) is 52.6 Å². The summed E-state index contributed by atoms with van der Waals surface area (Å²) >= 11 is 14.1. The lowest BCUT2D eigenvalue weighted by Gasteiger charge is -2.47. The average molecular weight is 1560 g/mol. The molecule has 5 aromatic rings. The Morgan fingerprint density at radius 3 is 1.86 bits per heavy atom. The lowest BCUT2D eigenvalue weighted by Crippen LogP contribution is -2.64. The van der Waals surface area contributed by atoms with E-state index in [4.69, 9.17) is 63.1 Å². The largest absolute Gasteiger partial charge is 0.508 e. The molecule has 0 aliphatic carbocycles. The molecule has 2 fully saturated rings. The first-order chi connectivity index (χ1) is 47.7. The molecule has 7 heterocycles. The number of amides is 7. The molecule has 7 amide bonds. The first-order valence-corrected chi connectivity index (χ1v) is 32.4. The number of carbonyl (C=O) groups is 8. The molecule has 7 aliphatic heterocycles. The van der Waals surface area contributed by atoms with Crippen LogP contribution in [0.5, 0.6) is 46.0 Å². The summed E-state index contributed by atoms with van der Waals surface area (Å²) in [4.78, 5) is 117. The maximum absolute atomic E-state index is 16.0. The Balaban J connectivity index is 0.00000504. The Hall–Kier alpha value is -8.33. The Bertz CT molecular complexity index is 4090. The summed E-state index contributed by atoms with van der Waals surface area (Å²) in [7, 11) is 1.47. The molecule has 2 saturated heterocycles. The Labute approximate surface area is 620 Å². The first-order valence-electron chi connectivity index (χ1n) is 31.6. The van der Waals surface area contributed by atoms with Gasteiger partial charge in [0.15, 0.2) is 29.9 Å². The first kappa shape index (κ1) is 82.9. The number of aliphatic hydroxyl groups is 6. The van der Waals surface area contributed by atoms with Crippen molar-refractivity contribution in [2.24, 2.45) is 17.4 Å². The van der Waals surface area contributed by atoms with Gasteiger partial charge in [0, 0.05) is 34.7 Å². The van der Waals surface area contributed by atoms with Crippen molar-refractivity contribution in [2.45, 2.75) is 156 Å². The zero-order chi connectivity index (χ0) is 73.5. The molecule has 21 N–H and O–H groups in total. The fourth-order valence-corrected chi connectivity index (χ4v) is 12.9. The third-order valence-electron chi connectivity index (χ3n) is 17.8. The van der Waals surface area contributed by atoms with E-state index in [9.17, 15) is 75.0 Å². The highest BCUT2D eigenvalue weighted by atomic mass is 35.5. The summed E-state index contributed by atoms with van der Waals surface area (Å²) in [6.45, 7) is 5.66. The molecule has 33 nitrogen and oxygen atoms in total. The number of nitrogens with one attached hydrogen (secondary N) is 7. The average Bonchev–Trinajstić information content (AvgIpc) is 0.769. The van der Waals surface area contributed by atoms with E-state index in [1.165, 1.54) is 33.0 Å². The summed E-state index contributed by atoms with van der Waals surface area (Å²) in [5.41, 5.74) is 8.00. The number of fused-ring (bicyclic) bond motifs is 15. The van der Waals surface area contributed by atoms with Crippen molar-refractivity contribution in [3.05, 3.63) is 117 Å². The number of phenolic OH excluding ortho intramolecular Hbond substituents is 3. The summed E-state index contributed by atoms with van der Waals surface area (Å²) in [5, 5.41) is 131.